The highest BCUT2D eigenvalue weighted by molar-refractivity contribution is 7.21. The molecule has 3 N–H and O–H groups in total. The van der Waals surface area contributed by atoms with Gasteiger partial charge in [-0.15, -0.1) is 11.3 Å². The van der Waals surface area contributed by atoms with Gasteiger partial charge in [-0.05, 0) is 12.1 Å². The number of amides is 1. The molecule has 0 saturated heterocycles. The van der Waals surface area contributed by atoms with Gasteiger partial charge in [0.2, 0.25) is 0 Å². The van der Waals surface area contributed by atoms with E-state index >= 15 is 0 Å². The lowest BCUT2D eigenvalue weighted by atomic mass is 10.2. The van der Waals surface area contributed by atoms with Gasteiger partial charge in [-0.25, -0.2) is 15.0 Å². The molecule has 0 atom stereocenters. The third-order valence-electron chi connectivity index (χ3n) is 2.53. The molecule has 3 rings (SSSR count). The van der Waals surface area contributed by atoms with Crippen molar-refractivity contribution < 1.29 is 4.79 Å². The van der Waals surface area contributed by atoms with Crippen molar-refractivity contribution >= 4 is 38.8 Å². The zero-order valence-electron chi connectivity index (χ0n) is 9.70. The third-order valence-corrected chi connectivity index (χ3v) is 3.66. The normalized spacial score (nSPS) is 10.5. The Hall–Kier alpha value is -2.54. The fraction of sp³-hybridized carbons (Fsp3) is 0. The van der Waals surface area contributed by atoms with E-state index in [1.807, 2.05) is 6.07 Å². The van der Waals surface area contributed by atoms with Gasteiger partial charge >= 0.3 is 0 Å². The Labute approximate surface area is 112 Å². The van der Waals surface area contributed by atoms with E-state index in [1.165, 1.54) is 30.1 Å². The molecule has 19 heavy (non-hydrogen) atoms. The maximum atomic E-state index is 12.1. The van der Waals surface area contributed by atoms with Crippen LogP contribution < -0.4 is 11.1 Å². The number of nitrogens with one attached hydrogen (secondary N) is 1. The number of fused-ring (bicyclic) bond motifs is 1. The van der Waals surface area contributed by atoms with Gasteiger partial charge < -0.3 is 11.1 Å². The Morgan fingerprint density at radius 3 is 2.84 bits per heavy atom. The van der Waals surface area contributed by atoms with Gasteiger partial charge in [-0.3, -0.25) is 4.79 Å². The van der Waals surface area contributed by atoms with E-state index in [1.54, 1.807) is 12.3 Å². The molecule has 0 bridgehead atoms. The molecular formula is C12H9N5OS. The van der Waals surface area contributed by atoms with E-state index in [4.69, 9.17) is 5.73 Å². The van der Waals surface area contributed by atoms with Gasteiger partial charge in [0, 0.05) is 11.6 Å². The van der Waals surface area contributed by atoms with Crippen LogP contribution in [0.25, 0.3) is 10.2 Å². The first-order valence-corrected chi connectivity index (χ1v) is 6.26. The summed E-state index contributed by atoms with van der Waals surface area (Å²) < 4.78 is 0. The van der Waals surface area contributed by atoms with Crippen molar-refractivity contribution in [1.29, 1.82) is 0 Å². The van der Waals surface area contributed by atoms with Gasteiger partial charge in [0.25, 0.3) is 5.91 Å². The molecule has 6 nitrogen and oxygen atoms in total. The Kier molecular flexibility index (Phi) is 2.81. The molecule has 0 unspecified atom stereocenters. The molecule has 0 saturated carbocycles. The number of carbonyl (C=O) groups is 1. The Morgan fingerprint density at radius 2 is 2.11 bits per heavy atom. The standard InChI is InChI=1S/C12H9N5OS/c13-9-8-2-1-3-16-12(8)19-10(9)11(18)17-7-4-14-6-15-5-7/h1-6H,13H2,(H,17,18). The first-order valence-electron chi connectivity index (χ1n) is 5.45. The SMILES string of the molecule is Nc1c(C(=O)Nc2cncnc2)sc2ncccc12. The molecule has 0 aliphatic carbocycles. The second kappa shape index (κ2) is 4.62. The van der Waals surface area contributed by atoms with Crippen LogP contribution in [0.1, 0.15) is 9.67 Å². The smallest absolute Gasteiger partial charge is 0.268 e. The first kappa shape index (κ1) is 11.5. The van der Waals surface area contributed by atoms with Crippen molar-refractivity contribution in [2.45, 2.75) is 0 Å². The molecule has 0 aliphatic rings. The number of hydrogen-bond donors (Lipinski definition) is 2. The average Bonchev–Trinajstić information content (AvgIpc) is 2.78. The monoisotopic (exact) mass is 271 g/mol. The van der Waals surface area contributed by atoms with Crippen molar-refractivity contribution in [2.75, 3.05) is 11.1 Å². The van der Waals surface area contributed by atoms with E-state index in [2.05, 4.69) is 20.3 Å². The molecule has 7 heteroatoms. The van der Waals surface area contributed by atoms with E-state index < -0.39 is 0 Å². The number of anilines is 2. The minimum Gasteiger partial charge on any atom is -0.397 e. The number of hydrogen-bond acceptors (Lipinski definition) is 6. The molecule has 94 valence electrons. The molecule has 3 aromatic heterocycles. The lowest BCUT2D eigenvalue weighted by Gasteiger charge is -2.02. The zero-order chi connectivity index (χ0) is 13.2. The quantitative estimate of drug-likeness (QED) is 0.742. The number of carbonyl (C=O) groups excluding carboxylic acids is 1. The maximum Gasteiger partial charge on any atom is 0.268 e. The predicted molar refractivity (Wildman–Crippen MR) is 74.0 cm³/mol. The molecule has 0 aromatic carbocycles. The van der Waals surface area contributed by atoms with Crippen LogP contribution in [0.5, 0.6) is 0 Å². The van der Waals surface area contributed by atoms with Crippen molar-refractivity contribution in [2.24, 2.45) is 0 Å². The van der Waals surface area contributed by atoms with Gasteiger partial charge in [0.05, 0.1) is 23.8 Å². The molecular weight excluding hydrogens is 262 g/mol. The number of nitrogens with two attached hydrogens (primary N) is 1. The summed E-state index contributed by atoms with van der Waals surface area (Å²) in [5, 5.41) is 3.49. The van der Waals surface area contributed by atoms with Crippen molar-refractivity contribution in [3.8, 4) is 0 Å². The van der Waals surface area contributed by atoms with Crippen LogP contribution in [0.2, 0.25) is 0 Å². The van der Waals surface area contributed by atoms with E-state index in [9.17, 15) is 4.79 Å². The summed E-state index contributed by atoms with van der Waals surface area (Å²) in [6.07, 6.45) is 6.11. The summed E-state index contributed by atoms with van der Waals surface area (Å²) in [7, 11) is 0. The summed E-state index contributed by atoms with van der Waals surface area (Å²) in [5.74, 6) is -0.282. The van der Waals surface area contributed by atoms with Crippen LogP contribution >= 0.6 is 11.3 Å². The Morgan fingerprint density at radius 1 is 1.32 bits per heavy atom. The van der Waals surface area contributed by atoms with Gasteiger partial charge in [0.1, 0.15) is 16.0 Å². The lowest BCUT2D eigenvalue weighted by Crippen LogP contribution is -2.12. The molecule has 0 radical (unpaired) electrons. The first-order chi connectivity index (χ1) is 9.25. The van der Waals surface area contributed by atoms with Crippen LogP contribution in [0.3, 0.4) is 0 Å². The van der Waals surface area contributed by atoms with Crippen LogP contribution in [0, 0.1) is 0 Å². The summed E-state index contributed by atoms with van der Waals surface area (Å²) in [6, 6.07) is 3.63. The van der Waals surface area contributed by atoms with Gasteiger partial charge in [0.15, 0.2) is 0 Å². The number of aromatic nitrogens is 3. The Balaban J connectivity index is 1.96. The number of nitrogen functional groups attached to an aromatic ring is 1. The summed E-state index contributed by atoms with van der Waals surface area (Å²) >= 11 is 1.26. The molecule has 0 fully saturated rings. The fourth-order valence-electron chi connectivity index (χ4n) is 1.67. The minimum atomic E-state index is -0.282. The van der Waals surface area contributed by atoms with E-state index in [0.29, 0.717) is 16.3 Å². The fourth-order valence-corrected chi connectivity index (χ4v) is 2.63. The topological polar surface area (TPSA) is 93.8 Å². The summed E-state index contributed by atoms with van der Waals surface area (Å²) in [4.78, 5) is 25.2. The maximum absolute atomic E-state index is 12.1. The molecule has 0 aliphatic heterocycles. The number of pyridine rings is 1. The average molecular weight is 271 g/mol. The lowest BCUT2D eigenvalue weighted by molar-refractivity contribution is 0.103. The second-order valence-corrected chi connectivity index (χ2v) is 4.78. The van der Waals surface area contributed by atoms with E-state index in [-0.39, 0.29) is 5.91 Å². The van der Waals surface area contributed by atoms with Crippen LogP contribution in [-0.2, 0) is 0 Å². The van der Waals surface area contributed by atoms with Crippen molar-refractivity contribution in [1.82, 2.24) is 15.0 Å². The second-order valence-electron chi connectivity index (χ2n) is 3.78. The van der Waals surface area contributed by atoms with Crippen molar-refractivity contribution in [3.05, 3.63) is 41.9 Å². The van der Waals surface area contributed by atoms with Crippen LogP contribution in [0.4, 0.5) is 11.4 Å². The van der Waals surface area contributed by atoms with E-state index in [0.717, 1.165) is 10.2 Å². The van der Waals surface area contributed by atoms with Crippen LogP contribution in [0.15, 0.2) is 37.1 Å². The number of rotatable bonds is 2. The highest BCUT2D eigenvalue weighted by atomic mass is 32.1. The number of thiophene rings is 1. The molecule has 0 spiro atoms. The highest BCUT2D eigenvalue weighted by Gasteiger charge is 2.16. The summed E-state index contributed by atoms with van der Waals surface area (Å²) in [5.41, 5.74) is 6.94. The van der Waals surface area contributed by atoms with Gasteiger partial charge in [-0.2, -0.15) is 0 Å². The molecule has 3 aromatic rings. The number of nitrogens with zero attached hydrogens (tertiary/aromatic N) is 3. The zero-order valence-corrected chi connectivity index (χ0v) is 10.5. The summed E-state index contributed by atoms with van der Waals surface area (Å²) in [6.45, 7) is 0. The van der Waals surface area contributed by atoms with Crippen molar-refractivity contribution in [3.63, 3.8) is 0 Å². The predicted octanol–water partition coefficient (Wildman–Crippen LogP) is 1.92. The third kappa shape index (κ3) is 2.11. The molecule has 1 amide bonds. The minimum absolute atomic E-state index is 0.282. The Bertz CT molecular complexity index is 740. The molecule has 3 heterocycles. The largest absolute Gasteiger partial charge is 0.397 e. The van der Waals surface area contributed by atoms with Gasteiger partial charge in [-0.1, -0.05) is 0 Å². The van der Waals surface area contributed by atoms with Crippen LogP contribution in [-0.4, -0.2) is 20.9 Å². The highest BCUT2D eigenvalue weighted by Crippen LogP contribution is 2.32.